The molecule has 0 unspecified atom stereocenters. The van der Waals surface area contributed by atoms with E-state index in [9.17, 15) is 27.6 Å². The first-order valence-electron chi connectivity index (χ1n) is 8.69. The van der Waals surface area contributed by atoms with Gasteiger partial charge in [-0.3, -0.25) is 14.5 Å². The summed E-state index contributed by atoms with van der Waals surface area (Å²) in [6.45, 7) is 2.87. The van der Waals surface area contributed by atoms with Crippen molar-refractivity contribution >= 4 is 23.5 Å². The molecule has 1 fully saturated rings. The second-order valence-corrected chi connectivity index (χ2v) is 6.94. The van der Waals surface area contributed by atoms with Gasteiger partial charge in [-0.25, -0.2) is 4.79 Å². The zero-order valence-corrected chi connectivity index (χ0v) is 15.6. The van der Waals surface area contributed by atoms with Crippen molar-refractivity contribution in [1.29, 1.82) is 0 Å². The fourth-order valence-corrected chi connectivity index (χ4v) is 3.01. The number of aryl methyl sites for hydroxylation is 1. The fourth-order valence-electron chi connectivity index (χ4n) is 3.01. The normalized spacial score (nSPS) is 19.3. The Morgan fingerprint density at radius 1 is 1.07 bits per heavy atom. The van der Waals surface area contributed by atoms with E-state index in [0.717, 1.165) is 34.7 Å². The molecule has 29 heavy (non-hydrogen) atoms. The molecule has 9 heteroatoms. The third-order valence-corrected chi connectivity index (χ3v) is 4.70. The molecule has 2 N–H and O–H groups in total. The molecular formula is C20H18F3N3O3. The minimum atomic E-state index is -4.48. The molecule has 4 amide bonds. The van der Waals surface area contributed by atoms with Gasteiger partial charge in [0, 0.05) is 5.69 Å². The molecule has 0 saturated carbocycles. The van der Waals surface area contributed by atoms with Crippen LogP contribution in [-0.2, 0) is 21.3 Å². The molecule has 2 aromatic rings. The van der Waals surface area contributed by atoms with Gasteiger partial charge in [0.2, 0.25) is 5.91 Å². The molecule has 1 atom stereocenters. The number of alkyl halides is 3. The molecule has 1 heterocycles. The first-order chi connectivity index (χ1) is 13.5. The lowest BCUT2D eigenvalue weighted by atomic mass is 9.91. The monoisotopic (exact) mass is 405 g/mol. The van der Waals surface area contributed by atoms with Gasteiger partial charge in [0.25, 0.3) is 5.91 Å². The Labute approximate surface area is 164 Å². The number of imide groups is 1. The lowest BCUT2D eigenvalue weighted by molar-refractivity contribution is -0.137. The van der Waals surface area contributed by atoms with Gasteiger partial charge < -0.3 is 10.6 Å². The largest absolute Gasteiger partial charge is 0.416 e. The van der Waals surface area contributed by atoms with Crippen LogP contribution in [0.1, 0.15) is 23.6 Å². The predicted molar refractivity (Wildman–Crippen MR) is 98.8 cm³/mol. The summed E-state index contributed by atoms with van der Waals surface area (Å²) in [5.74, 6) is -1.30. The van der Waals surface area contributed by atoms with Gasteiger partial charge in [0.05, 0.1) is 5.56 Å². The lowest BCUT2D eigenvalue weighted by Gasteiger charge is -2.22. The summed E-state index contributed by atoms with van der Waals surface area (Å²) >= 11 is 0. The van der Waals surface area contributed by atoms with Gasteiger partial charge in [0.1, 0.15) is 12.1 Å². The Kier molecular flexibility index (Phi) is 5.08. The van der Waals surface area contributed by atoms with E-state index in [1.165, 1.54) is 0 Å². The summed E-state index contributed by atoms with van der Waals surface area (Å²) in [6.07, 6.45) is -4.48. The van der Waals surface area contributed by atoms with Gasteiger partial charge in [-0.15, -0.1) is 0 Å². The maximum Gasteiger partial charge on any atom is 0.416 e. The number of urea groups is 1. The van der Waals surface area contributed by atoms with Crippen molar-refractivity contribution in [3.8, 4) is 0 Å². The Bertz CT molecular complexity index is 956. The molecule has 0 bridgehead atoms. The fraction of sp³-hybridized carbons (Fsp3) is 0.250. The van der Waals surface area contributed by atoms with Crippen molar-refractivity contribution in [2.45, 2.75) is 25.6 Å². The number of hydrogen-bond acceptors (Lipinski definition) is 3. The summed E-state index contributed by atoms with van der Waals surface area (Å²) in [7, 11) is 0. The summed E-state index contributed by atoms with van der Waals surface area (Å²) < 4.78 is 37.8. The summed E-state index contributed by atoms with van der Waals surface area (Å²) in [5, 5.41) is 4.97. The quantitative estimate of drug-likeness (QED) is 0.766. The molecule has 1 saturated heterocycles. The molecule has 1 aliphatic heterocycles. The summed E-state index contributed by atoms with van der Waals surface area (Å²) in [6, 6.07) is 10.2. The number of anilines is 1. The molecule has 1 aliphatic rings. The van der Waals surface area contributed by atoms with Crippen molar-refractivity contribution in [2.75, 3.05) is 11.9 Å². The molecule has 0 aromatic heterocycles. The minimum Gasteiger partial charge on any atom is -0.325 e. The minimum absolute atomic E-state index is 0.122. The Balaban J connectivity index is 1.69. The van der Waals surface area contributed by atoms with Gasteiger partial charge in [-0.1, -0.05) is 29.8 Å². The van der Waals surface area contributed by atoms with E-state index in [4.69, 9.17) is 0 Å². The highest BCUT2D eigenvalue weighted by Crippen LogP contribution is 2.30. The molecule has 2 aromatic carbocycles. The Morgan fingerprint density at radius 3 is 2.21 bits per heavy atom. The van der Waals surface area contributed by atoms with Crippen LogP contribution in [0.15, 0.2) is 48.5 Å². The van der Waals surface area contributed by atoms with Gasteiger partial charge in [0.15, 0.2) is 0 Å². The molecule has 0 spiro atoms. The maximum atomic E-state index is 12.8. The van der Waals surface area contributed by atoms with Crippen LogP contribution in [0.25, 0.3) is 0 Å². The van der Waals surface area contributed by atoms with Gasteiger partial charge >= 0.3 is 12.2 Å². The summed E-state index contributed by atoms with van der Waals surface area (Å²) in [5.41, 5.74) is -0.469. The van der Waals surface area contributed by atoms with E-state index in [2.05, 4.69) is 10.6 Å². The zero-order chi connectivity index (χ0) is 21.4. The lowest BCUT2D eigenvalue weighted by Crippen LogP contribution is -2.42. The molecule has 6 nitrogen and oxygen atoms in total. The van der Waals surface area contributed by atoms with Crippen molar-refractivity contribution in [3.63, 3.8) is 0 Å². The zero-order valence-electron chi connectivity index (χ0n) is 15.6. The van der Waals surface area contributed by atoms with Crippen molar-refractivity contribution < 1.29 is 27.6 Å². The highest BCUT2D eigenvalue weighted by Gasteiger charge is 2.49. The first-order valence-corrected chi connectivity index (χ1v) is 8.69. The van der Waals surface area contributed by atoms with Crippen LogP contribution in [0, 0.1) is 6.92 Å². The highest BCUT2D eigenvalue weighted by molar-refractivity contribution is 6.10. The number of hydrogen-bond donors (Lipinski definition) is 2. The average Bonchev–Trinajstić information content (AvgIpc) is 2.86. The molecular weight excluding hydrogens is 387 g/mol. The summed E-state index contributed by atoms with van der Waals surface area (Å²) in [4.78, 5) is 38.1. The third-order valence-electron chi connectivity index (χ3n) is 4.70. The van der Waals surface area contributed by atoms with Gasteiger partial charge in [-0.2, -0.15) is 13.2 Å². The van der Waals surface area contributed by atoms with E-state index in [1.54, 1.807) is 31.2 Å². The average molecular weight is 405 g/mol. The van der Waals surface area contributed by atoms with Crippen LogP contribution in [-0.4, -0.2) is 29.3 Å². The number of rotatable bonds is 4. The van der Waals surface area contributed by atoms with E-state index < -0.39 is 41.7 Å². The number of nitrogens with one attached hydrogen (secondary N) is 2. The first kappa shape index (κ1) is 20.4. The highest BCUT2D eigenvalue weighted by atomic mass is 19.4. The molecule has 0 radical (unpaired) electrons. The number of benzene rings is 2. The number of amides is 4. The SMILES string of the molecule is Cc1ccc([C@@]2(C)NC(=O)N(CC(=O)Nc3ccc(C(F)(F)F)cc3)C2=O)cc1. The van der Waals surface area contributed by atoms with Crippen LogP contribution >= 0.6 is 0 Å². The Hall–Kier alpha value is -3.36. The van der Waals surface area contributed by atoms with Crippen LogP contribution in [0.3, 0.4) is 0 Å². The maximum absolute atomic E-state index is 12.8. The van der Waals surface area contributed by atoms with Crippen LogP contribution in [0.4, 0.5) is 23.7 Å². The van der Waals surface area contributed by atoms with Crippen LogP contribution < -0.4 is 10.6 Å². The van der Waals surface area contributed by atoms with Gasteiger partial charge in [-0.05, 0) is 43.7 Å². The van der Waals surface area contributed by atoms with E-state index >= 15 is 0 Å². The van der Waals surface area contributed by atoms with Crippen LogP contribution in [0.5, 0.6) is 0 Å². The molecule has 0 aliphatic carbocycles. The van der Waals surface area contributed by atoms with E-state index in [1.807, 2.05) is 6.92 Å². The Morgan fingerprint density at radius 2 is 1.66 bits per heavy atom. The van der Waals surface area contributed by atoms with Crippen molar-refractivity contribution in [1.82, 2.24) is 10.2 Å². The van der Waals surface area contributed by atoms with Crippen molar-refractivity contribution in [2.24, 2.45) is 0 Å². The van der Waals surface area contributed by atoms with E-state index in [-0.39, 0.29) is 5.69 Å². The van der Waals surface area contributed by atoms with Crippen molar-refractivity contribution in [3.05, 3.63) is 65.2 Å². The smallest absolute Gasteiger partial charge is 0.325 e. The van der Waals surface area contributed by atoms with E-state index in [0.29, 0.717) is 5.56 Å². The third kappa shape index (κ3) is 4.08. The number of carbonyl (C=O) groups is 3. The predicted octanol–water partition coefficient (Wildman–Crippen LogP) is 3.42. The topological polar surface area (TPSA) is 78.5 Å². The number of carbonyl (C=O) groups excluding carboxylic acids is 3. The second kappa shape index (κ2) is 7.23. The standard InChI is InChI=1S/C20H18F3N3O3/c1-12-3-5-13(6-4-12)19(2)17(28)26(18(29)25-19)11-16(27)24-15-9-7-14(8-10-15)20(21,22)23/h3-10H,11H2,1-2H3,(H,24,27)(H,25,29)/t19-/m1/s1. The number of nitrogens with zero attached hydrogens (tertiary/aromatic N) is 1. The molecule has 3 rings (SSSR count). The van der Waals surface area contributed by atoms with Crippen LogP contribution in [0.2, 0.25) is 0 Å². The second-order valence-electron chi connectivity index (χ2n) is 6.94. The number of halogens is 3. The molecule has 152 valence electrons.